The minimum atomic E-state index is -4.48. The first-order valence-electron chi connectivity index (χ1n) is 13.1. The molecule has 0 saturated carbocycles. The van der Waals surface area contributed by atoms with E-state index in [9.17, 15) is 18.0 Å². The summed E-state index contributed by atoms with van der Waals surface area (Å²) in [7, 11) is 1.78. The van der Waals surface area contributed by atoms with Crippen LogP contribution in [0.15, 0.2) is 78.9 Å². The number of nitrogens with zero attached hydrogens (tertiary/aromatic N) is 3. The van der Waals surface area contributed by atoms with Crippen LogP contribution in [0, 0.1) is 6.92 Å². The van der Waals surface area contributed by atoms with E-state index >= 15 is 0 Å². The number of alkyl halides is 3. The molecule has 0 radical (unpaired) electrons. The molecule has 208 valence electrons. The maximum absolute atomic E-state index is 13.8. The normalized spacial score (nSPS) is 15.3. The number of ether oxygens (including phenoxy) is 2. The molecule has 1 atom stereocenters. The molecule has 0 unspecified atom stereocenters. The zero-order valence-corrected chi connectivity index (χ0v) is 22.3. The number of aryl methyl sites for hydroxylation is 2. The fourth-order valence-corrected chi connectivity index (χ4v) is 4.87. The molecule has 3 aromatic carbocycles. The van der Waals surface area contributed by atoms with E-state index in [0.717, 1.165) is 36.1 Å². The second-order valence-corrected chi connectivity index (χ2v) is 9.94. The van der Waals surface area contributed by atoms with Crippen LogP contribution < -0.4 is 4.74 Å². The van der Waals surface area contributed by atoms with Crippen LogP contribution in [-0.4, -0.2) is 39.8 Å². The Morgan fingerprint density at radius 3 is 2.48 bits per heavy atom. The zero-order chi connectivity index (χ0) is 28.3. The Morgan fingerprint density at radius 2 is 1.82 bits per heavy atom. The van der Waals surface area contributed by atoms with Gasteiger partial charge in [0.25, 0.3) is 5.91 Å². The second kappa shape index (κ2) is 11.6. The van der Waals surface area contributed by atoms with E-state index in [4.69, 9.17) is 14.6 Å². The quantitative estimate of drug-likeness (QED) is 0.237. The number of hydrogen-bond donors (Lipinski definition) is 0. The molecular formula is C31H30F3N3O3. The smallest absolute Gasteiger partial charge is 0.416 e. The number of halogens is 3. The van der Waals surface area contributed by atoms with Gasteiger partial charge in [-0.1, -0.05) is 42.5 Å². The van der Waals surface area contributed by atoms with Gasteiger partial charge in [-0.15, -0.1) is 0 Å². The van der Waals surface area contributed by atoms with Crippen molar-refractivity contribution < 1.29 is 27.4 Å². The van der Waals surface area contributed by atoms with E-state index in [1.54, 1.807) is 16.6 Å². The second-order valence-electron chi connectivity index (χ2n) is 9.94. The molecule has 1 fully saturated rings. The standard InChI is InChI=1S/C31H30F3N3O3/c1-21-8-6-11-25(18-21)40-30-27(28(35-36(30)2)22-9-4-3-5-10-22)20-37(19-26-12-7-17-39-26)29(38)23-13-15-24(16-14-23)31(32,33)34/h3-6,8-11,13-16,18,26H,7,12,17,19-20H2,1-2H3/t26-/m0/s1. The summed E-state index contributed by atoms with van der Waals surface area (Å²) < 4.78 is 53.3. The maximum Gasteiger partial charge on any atom is 0.416 e. The van der Waals surface area contributed by atoms with Gasteiger partial charge in [0.15, 0.2) is 0 Å². The van der Waals surface area contributed by atoms with Crippen LogP contribution in [0.2, 0.25) is 0 Å². The molecule has 40 heavy (non-hydrogen) atoms. The third-order valence-corrected chi connectivity index (χ3v) is 6.88. The average molecular weight is 550 g/mol. The van der Waals surface area contributed by atoms with E-state index in [-0.39, 0.29) is 24.8 Å². The van der Waals surface area contributed by atoms with Gasteiger partial charge in [0, 0.05) is 31.3 Å². The van der Waals surface area contributed by atoms with Gasteiger partial charge in [0.1, 0.15) is 11.4 Å². The van der Waals surface area contributed by atoms with E-state index in [1.807, 2.05) is 61.5 Å². The Labute approximate surface area is 230 Å². The SMILES string of the molecule is Cc1cccc(Oc2c(CN(C[C@@H]3CCCO3)C(=O)c3ccc(C(F)(F)F)cc3)c(-c3ccccc3)nn2C)c1. The molecule has 1 saturated heterocycles. The lowest BCUT2D eigenvalue weighted by Gasteiger charge is -2.26. The molecule has 1 amide bonds. The van der Waals surface area contributed by atoms with Crippen LogP contribution in [0.3, 0.4) is 0 Å². The van der Waals surface area contributed by atoms with Crippen molar-refractivity contribution in [2.24, 2.45) is 7.05 Å². The molecule has 5 rings (SSSR count). The molecule has 0 aliphatic carbocycles. The predicted molar refractivity (Wildman–Crippen MR) is 145 cm³/mol. The fraction of sp³-hybridized carbons (Fsp3) is 0.290. The van der Waals surface area contributed by atoms with Crippen LogP contribution in [0.5, 0.6) is 11.6 Å². The zero-order valence-electron chi connectivity index (χ0n) is 22.3. The summed E-state index contributed by atoms with van der Waals surface area (Å²) in [5.41, 5.74) is 2.59. The number of rotatable bonds is 8. The van der Waals surface area contributed by atoms with Crippen molar-refractivity contribution in [3.05, 3.63) is 101 Å². The summed E-state index contributed by atoms with van der Waals surface area (Å²) in [4.78, 5) is 15.4. The topological polar surface area (TPSA) is 56.6 Å². The monoisotopic (exact) mass is 549 g/mol. The van der Waals surface area contributed by atoms with Gasteiger partial charge in [0.2, 0.25) is 5.88 Å². The minimum absolute atomic E-state index is 0.124. The van der Waals surface area contributed by atoms with Crippen molar-refractivity contribution in [1.29, 1.82) is 0 Å². The number of amides is 1. The minimum Gasteiger partial charge on any atom is -0.439 e. The lowest BCUT2D eigenvalue weighted by atomic mass is 10.1. The van der Waals surface area contributed by atoms with Crippen LogP contribution in [-0.2, 0) is 24.5 Å². The highest BCUT2D eigenvalue weighted by molar-refractivity contribution is 5.94. The van der Waals surface area contributed by atoms with Gasteiger partial charge in [-0.25, -0.2) is 4.68 Å². The Kier molecular flexibility index (Phi) is 7.93. The lowest BCUT2D eigenvalue weighted by molar-refractivity contribution is -0.137. The molecule has 9 heteroatoms. The number of benzene rings is 3. The van der Waals surface area contributed by atoms with Gasteiger partial charge >= 0.3 is 6.18 Å². The molecule has 1 aliphatic rings. The van der Waals surface area contributed by atoms with Gasteiger partial charge in [0.05, 0.1) is 23.8 Å². The summed E-state index contributed by atoms with van der Waals surface area (Å²) >= 11 is 0. The first-order chi connectivity index (χ1) is 19.2. The number of carbonyl (C=O) groups excluding carboxylic acids is 1. The first kappa shape index (κ1) is 27.5. The largest absolute Gasteiger partial charge is 0.439 e. The molecule has 1 aliphatic heterocycles. The summed E-state index contributed by atoms with van der Waals surface area (Å²) in [6, 6.07) is 21.5. The Morgan fingerprint density at radius 1 is 1.07 bits per heavy atom. The number of carbonyl (C=O) groups is 1. The van der Waals surface area contributed by atoms with E-state index in [1.165, 1.54) is 12.1 Å². The van der Waals surface area contributed by atoms with E-state index in [0.29, 0.717) is 29.5 Å². The Balaban J connectivity index is 1.54. The van der Waals surface area contributed by atoms with E-state index < -0.39 is 17.6 Å². The third-order valence-electron chi connectivity index (χ3n) is 6.88. The van der Waals surface area contributed by atoms with Crippen molar-refractivity contribution in [3.8, 4) is 22.9 Å². The van der Waals surface area contributed by atoms with Crippen LogP contribution >= 0.6 is 0 Å². The van der Waals surface area contributed by atoms with Gasteiger partial charge < -0.3 is 14.4 Å². The van der Waals surface area contributed by atoms with Gasteiger partial charge in [-0.2, -0.15) is 18.3 Å². The van der Waals surface area contributed by atoms with Crippen molar-refractivity contribution in [3.63, 3.8) is 0 Å². The highest BCUT2D eigenvalue weighted by Crippen LogP contribution is 2.35. The van der Waals surface area contributed by atoms with Crippen molar-refractivity contribution in [2.75, 3.05) is 13.2 Å². The van der Waals surface area contributed by atoms with Crippen molar-refractivity contribution in [2.45, 2.75) is 38.6 Å². The highest BCUT2D eigenvalue weighted by Gasteiger charge is 2.32. The number of aromatic nitrogens is 2. The first-order valence-corrected chi connectivity index (χ1v) is 13.1. The average Bonchev–Trinajstić information content (AvgIpc) is 3.56. The highest BCUT2D eigenvalue weighted by atomic mass is 19.4. The Bertz CT molecular complexity index is 1460. The predicted octanol–water partition coefficient (Wildman–Crippen LogP) is 7.03. The Hall–Kier alpha value is -4.11. The molecule has 6 nitrogen and oxygen atoms in total. The molecular weight excluding hydrogens is 519 g/mol. The van der Waals surface area contributed by atoms with Crippen LogP contribution in [0.1, 0.15) is 39.9 Å². The molecule has 2 heterocycles. The summed E-state index contributed by atoms with van der Waals surface area (Å²) in [5.74, 6) is 0.708. The summed E-state index contributed by atoms with van der Waals surface area (Å²) in [5, 5.41) is 4.75. The van der Waals surface area contributed by atoms with Crippen molar-refractivity contribution >= 4 is 5.91 Å². The van der Waals surface area contributed by atoms with Crippen LogP contribution in [0.25, 0.3) is 11.3 Å². The summed E-state index contributed by atoms with van der Waals surface area (Å²) in [6.07, 6.45) is -2.98. The molecule has 0 N–H and O–H groups in total. The maximum atomic E-state index is 13.8. The lowest BCUT2D eigenvalue weighted by Crippen LogP contribution is -2.37. The third kappa shape index (κ3) is 6.20. The number of hydrogen-bond acceptors (Lipinski definition) is 4. The van der Waals surface area contributed by atoms with E-state index in [2.05, 4.69) is 0 Å². The molecule has 0 spiro atoms. The molecule has 1 aromatic heterocycles. The van der Waals surface area contributed by atoms with Gasteiger partial charge in [-0.05, 0) is 61.7 Å². The van der Waals surface area contributed by atoms with Crippen molar-refractivity contribution in [1.82, 2.24) is 14.7 Å². The molecule has 4 aromatic rings. The molecule has 0 bridgehead atoms. The summed E-state index contributed by atoms with van der Waals surface area (Å²) in [6.45, 7) is 2.99. The fourth-order valence-electron chi connectivity index (χ4n) is 4.87. The van der Waals surface area contributed by atoms with Crippen LogP contribution in [0.4, 0.5) is 13.2 Å². The van der Waals surface area contributed by atoms with Gasteiger partial charge in [-0.3, -0.25) is 4.79 Å².